The second kappa shape index (κ2) is 3.88. The number of hydrogen-bond donors (Lipinski definition) is 1. The van der Waals surface area contributed by atoms with E-state index in [0.717, 1.165) is 5.56 Å². The highest BCUT2D eigenvalue weighted by molar-refractivity contribution is 5.76. The number of carbonyl (C=O) groups excluding carboxylic acids is 1. The maximum atomic E-state index is 10.8. The van der Waals surface area contributed by atoms with Crippen LogP contribution in [-0.4, -0.2) is 11.2 Å². The van der Waals surface area contributed by atoms with Crippen LogP contribution < -0.4 is 0 Å². The summed E-state index contributed by atoms with van der Waals surface area (Å²) < 4.78 is 0. The van der Waals surface area contributed by atoms with Gasteiger partial charge in [0.2, 0.25) is 0 Å². The monoisotopic (exact) mass is 166 g/mol. The molecule has 0 aromatic heterocycles. The molecule has 64 valence electrons. The molecule has 0 aliphatic rings. The van der Waals surface area contributed by atoms with Crippen LogP contribution in [0.15, 0.2) is 30.3 Å². The minimum Gasteiger partial charge on any atom is -0.300 e. The standard InChI is InChI=1S/C9H10O3/c1-7(9(10)12-11)8-5-3-2-4-6-8/h2-7,11H,1H3/t7-/m1/s1. The van der Waals surface area contributed by atoms with E-state index in [2.05, 4.69) is 4.89 Å². The lowest BCUT2D eigenvalue weighted by Crippen LogP contribution is -2.10. The smallest absolute Gasteiger partial charge is 0.300 e. The van der Waals surface area contributed by atoms with Crippen LogP contribution in [0.1, 0.15) is 18.4 Å². The largest absolute Gasteiger partial charge is 0.349 e. The molecule has 0 bridgehead atoms. The topological polar surface area (TPSA) is 46.5 Å². The highest BCUT2D eigenvalue weighted by Crippen LogP contribution is 2.15. The Bertz CT molecular complexity index is 256. The van der Waals surface area contributed by atoms with E-state index in [-0.39, 0.29) is 0 Å². The van der Waals surface area contributed by atoms with E-state index in [1.54, 1.807) is 6.92 Å². The SMILES string of the molecule is C[C@@H](C(=O)OO)c1ccccc1. The van der Waals surface area contributed by atoms with Gasteiger partial charge in [0.05, 0.1) is 5.92 Å². The lowest BCUT2D eigenvalue weighted by atomic mass is 10.0. The fraction of sp³-hybridized carbons (Fsp3) is 0.222. The normalized spacial score (nSPS) is 12.2. The Morgan fingerprint density at radius 1 is 1.42 bits per heavy atom. The Labute approximate surface area is 70.5 Å². The zero-order valence-corrected chi connectivity index (χ0v) is 6.73. The van der Waals surface area contributed by atoms with Crippen LogP contribution in [0.2, 0.25) is 0 Å². The van der Waals surface area contributed by atoms with Crippen LogP contribution in [-0.2, 0) is 9.68 Å². The molecule has 3 nitrogen and oxygen atoms in total. The Balaban J connectivity index is 2.78. The predicted octanol–water partition coefficient (Wildman–Crippen LogP) is 1.81. The molecule has 0 amide bonds. The van der Waals surface area contributed by atoms with Gasteiger partial charge < -0.3 is 4.89 Å². The first kappa shape index (κ1) is 8.74. The third-order valence-corrected chi connectivity index (χ3v) is 1.74. The van der Waals surface area contributed by atoms with E-state index >= 15 is 0 Å². The molecule has 0 saturated carbocycles. The average molecular weight is 166 g/mol. The van der Waals surface area contributed by atoms with Crippen molar-refractivity contribution in [2.24, 2.45) is 0 Å². The van der Waals surface area contributed by atoms with Crippen molar-refractivity contribution >= 4 is 5.97 Å². The van der Waals surface area contributed by atoms with Crippen molar-refractivity contribution in [3.8, 4) is 0 Å². The van der Waals surface area contributed by atoms with Gasteiger partial charge in [-0.15, -0.1) is 0 Å². The zero-order chi connectivity index (χ0) is 8.97. The molecule has 1 aromatic carbocycles. The van der Waals surface area contributed by atoms with Crippen molar-refractivity contribution in [1.29, 1.82) is 0 Å². The van der Waals surface area contributed by atoms with Crippen molar-refractivity contribution in [2.45, 2.75) is 12.8 Å². The van der Waals surface area contributed by atoms with Gasteiger partial charge in [-0.05, 0) is 12.5 Å². The van der Waals surface area contributed by atoms with Gasteiger partial charge in [0.1, 0.15) is 0 Å². The van der Waals surface area contributed by atoms with Gasteiger partial charge in [-0.3, -0.25) is 0 Å². The molecule has 0 unspecified atom stereocenters. The van der Waals surface area contributed by atoms with Crippen molar-refractivity contribution in [3.05, 3.63) is 35.9 Å². The van der Waals surface area contributed by atoms with E-state index in [0.29, 0.717) is 0 Å². The van der Waals surface area contributed by atoms with Crippen LogP contribution in [0.3, 0.4) is 0 Å². The lowest BCUT2D eigenvalue weighted by Gasteiger charge is -2.06. The van der Waals surface area contributed by atoms with Crippen molar-refractivity contribution in [2.75, 3.05) is 0 Å². The Hall–Kier alpha value is -1.35. The van der Waals surface area contributed by atoms with E-state index in [1.807, 2.05) is 30.3 Å². The summed E-state index contributed by atoms with van der Waals surface area (Å²) in [6.07, 6.45) is 0. The van der Waals surface area contributed by atoms with Gasteiger partial charge in [-0.1, -0.05) is 30.3 Å². The van der Waals surface area contributed by atoms with Crippen molar-refractivity contribution in [3.63, 3.8) is 0 Å². The van der Waals surface area contributed by atoms with E-state index in [9.17, 15) is 4.79 Å². The van der Waals surface area contributed by atoms with Gasteiger partial charge in [-0.25, -0.2) is 4.79 Å². The Morgan fingerprint density at radius 3 is 2.50 bits per heavy atom. The third kappa shape index (κ3) is 1.83. The fourth-order valence-electron chi connectivity index (χ4n) is 0.957. The van der Waals surface area contributed by atoms with E-state index in [1.165, 1.54) is 0 Å². The summed E-state index contributed by atoms with van der Waals surface area (Å²) in [4.78, 5) is 14.5. The maximum Gasteiger partial charge on any atom is 0.349 e. The van der Waals surface area contributed by atoms with Crippen molar-refractivity contribution in [1.82, 2.24) is 0 Å². The molecule has 1 N–H and O–H groups in total. The fourth-order valence-corrected chi connectivity index (χ4v) is 0.957. The summed E-state index contributed by atoms with van der Waals surface area (Å²) >= 11 is 0. The van der Waals surface area contributed by atoms with Crippen LogP contribution in [0.5, 0.6) is 0 Å². The average Bonchev–Trinajstić information content (AvgIpc) is 2.17. The van der Waals surface area contributed by atoms with Crippen LogP contribution in [0.4, 0.5) is 0 Å². The van der Waals surface area contributed by atoms with Gasteiger partial charge >= 0.3 is 5.97 Å². The summed E-state index contributed by atoms with van der Waals surface area (Å²) in [5.74, 6) is -1.06. The van der Waals surface area contributed by atoms with Crippen LogP contribution in [0, 0.1) is 0 Å². The number of benzene rings is 1. The number of rotatable bonds is 2. The van der Waals surface area contributed by atoms with Gasteiger partial charge in [-0.2, -0.15) is 5.26 Å². The third-order valence-electron chi connectivity index (χ3n) is 1.74. The molecule has 3 heteroatoms. The van der Waals surface area contributed by atoms with E-state index in [4.69, 9.17) is 5.26 Å². The molecule has 0 spiro atoms. The first-order valence-electron chi connectivity index (χ1n) is 3.66. The molecule has 0 aliphatic heterocycles. The molecule has 1 rings (SSSR count). The predicted molar refractivity (Wildman–Crippen MR) is 43.6 cm³/mol. The van der Waals surface area contributed by atoms with E-state index < -0.39 is 11.9 Å². The molecule has 12 heavy (non-hydrogen) atoms. The molecule has 0 fully saturated rings. The summed E-state index contributed by atoms with van der Waals surface area (Å²) in [6.45, 7) is 1.67. The number of carbonyl (C=O) groups is 1. The minimum absolute atomic E-state index is 0.420. The van der Waals surface area contributed by atoms with Crippen molar-refractivity contribution < 1.29 is 14.9 Å². The maximum absolute atomic E-state index is 10.8. The first-order valence-corrected chi connectivity index (χ1v) is 3.66. The Kier molecular flexibility index (Phi) is 2.82. The molecule has 0 aliphatic carbocycles. The summed E-state index contributed by atoms with van der Waals surface area (Å²) in [6, 6.07) is 9.14. The zero-order valence-electron chi connectivity index (χ0n) is 6.73. The molecular formula is C9H10O3. The van der Waals surface area contributed by atoms with Gasteiger partial charge in [0, 0.05) is 0 Å². The lowest BCUT2D eigenvalue weighted by molar-refractivity contribution is -0.235. The number of hydrogen-bond acceptors (Lipinski definition) is 3. The molecular weight excluding hydrogens is 156 g/mol. The quantitative estimate of drug-likeness (QED) is 0.538. The Morgan fingerprint density at radius 2 is 2.00 bits per heavy atom. The highest BCUT2D eigenvalue weighted by Gasteiger charge is 2.15. The molecule has 1 aromatic rings. The summed E-state index contributed by atoms with van der Waals surface area (Å²) in [5, 5.41) is 8.12. The second-order valence-electron chi connectivity index (χ2n) is 2.54. The molecule has 0 saturated heterocycles. The molecule has 0 heterocycles. The van der Waals surface area contributed by atoms with Gasteiger partial charge in [0.15, 0.2) is 0 Å². The molecule has 1 atom stereocenters. The molecule has 0 radical (unpaired) electrons. The summed E-state index contributed by atoms with van der Waals surface area (Å²) in [7, 11) is 0. The second-order valence-corrected chi connectivity index (χ2v) is 2.54. The summed E-state index contributed by atoms with van der Waals surface area (Å²) in [5.41, 5.74) is 0.830. The van der Waals surface area contributed by atoms with Crippen LogP contribution >= 0.6 is 0 Å². The first-order chi connectivity index (χ1) is 5.75. The highest BCUT2D eigenvalue weighted by atomic mass is 17.1. The van der Waals surface area contributed by atoms with Crippen LogP contribution in [0.25, 0.3) is 0 Å². The van der Waals surface area contributed by atoms with Gasteiger partial charge in [0.25, 0.3) is 0 Å². The minimum atomic E-state index is -0.638.